The highest BCUT2D eigenvalue weighted by molar-refractivity contribution is 4.99. The zero-order chi connectivity index (χ0) is 11.8. The number of hydrogen-bond donors (Lipinski definition) is 2. The van der Waals surface area contributed by atoms with Gasteiger partial charge >= 0.3 is 0 Å². The van der Waals surface area contributed by atoms with Crippen molar-refractivity contribution in [3.8, 4) is 0 Å². The summed E-state index contributed by atoms with van der Waals surface area (Å²) < 4.78 is 5.32. The Morgan fingerprint density at radius 2 is 2.31 bits per heavy atom. The van der Waals surface area contributed by atoms with Crippen molar-refractivity contribution in [3.05, 3.63) is 24.2 Å². The molecule has 0 saturated heterocycles. The molecule has 3 heteroatoms. The first-order valence-electron chi connectivity index (χ1n) is 6.22. The van der Waals surface area contributed by atoms with Gasteiger partial charge in [-0.1, -0.05) is 13.3 Å². The third-order valence-corrected chi connectivity index (χ3v) is 2.87. The molecule has 16 heavy (non-hydrogen) atoms. The van der Waals surface area contributed by atoms with Crippen molar-refractivity contribution in [3.63, 3.8) is 0 Å². The number of furan rings is 1. The maximum atomic E-state index is 5.72. The lowest BCUT2D eigenvalue weighted by atomic mass is 10.0. The van der Waals surface area contributed by atoms with E-state index in [1.807, 2.05) is 12.1 Å². The largest absolute Gasteiger partial charge is 0.469 e. The van der Waals surface area contributed by atoms with Crippen molar-refractivity contribution < 1.29 is 4.42 Å². The van der Waals surface area contributed by atoms with Gasteiger partial charge in [-0.2, -0.15) is 0 Å². The molecule has 0 amide bonds. The zero-order valence-corrected chi connectivity index (χ0v) is 10.4. The second kappa shape index (κ2) is 7.47. The molecule has 0 radical (unpaired) electrons. The van der Waals surface area contributed by atoms with Crippen molar-refractivity contribution in [1.82, 2.24) is 5.32 Å². The molecule has 3 nitrogen and oxygen atoms in total. The van der Waals surface area contributed by atoms with E-state index in [4.69, 9.17) is 10.2 Å². The molecular weight excluding hydrogens is 200 g/mol. The standard InChI is InChI=1S/C13H24N2O/c1-3-5-12(9-14)10-15-11(2)8-13-6-4-7-16-13/h4,6-7,11-12,15H,3,5,8-10,14H2,1-2H3. The SMILES string of the molecule is CCCC(CN)CNC(C)Cc1ccco1. The lowest BCUT2D eigenvalue weighted by molar-refractivity contribution is 0.400. The molecule has 2 unspecified atom stereocenters. The van der Waals surface area contributed by atoms with E-state index in [9.17, 15) is 0 Å². The van der Waals surface area contributed by atoms with Crippen LogP contribution in [0, 0.1) is 5.92 Å². The minimum absolute atomic E-state index is 0.442. The van der Waals surface area contributed by atoms with Crippen LogP contribution in [0.4, 0.5) is 0 Å². The Bertz CT molecular complexity index is 259. The van der Waals surface area contributed by atoms with Crippen molar-refractivity contribution >= 4 is 0 Å². The van der Waals surface area contributed by atoms with Crippen LogP contribution in [-0.4, -0.2) is 19.1 Å². The Morgan fingerprint density at radius 3 is 2.88 bits per heavy atom. The van der Waals surface area contributed by atoms with E-state index in [0.717, 1.165) is 25.3 Å². The van der Waals surface area contributed by atoms with Crippen molar-refractivity contribution in [2.75, 3.05) is 13.1 Å². The molecule has 0 aliphatic heterocycles. The van der Waals surface area contributed by atoms with Crippen LogP contribution in [0.1, 0.15) is 32.4 Å². The molecular formula is C13H24N2O. The third-order valence-electron chi connectivity index (χ3n) is 2.87. The Hall–Kier alpha value is -0.800. The summed E-state index contributed by atoms with van der Waals surface area (Å²) in [5.74, 6) is 1.64. The lowest BCUT2D eigenvalue weighted by Gasteiger charge is -2.18. The Balaban J connectivity index is 2.21. The van der Waals surface area contributed by atoms with Gasteiger partial charge in [0, 0.05) is 12.5 Å². The molecule has 1 rings (SSSR count). The Labute approximate surface area is 98.4 Å². The molecule has 0 bridgehead atoms. The smallest absolute Gasteiger partial charge is 0.105 e. The lowest BCUT2D eigenvalue weighted by Crippen LogP contribution is -2.35. The topological polar surface area (TPSA) is 51.2 Å². The molecule has 3 N–H and O–H groups in total. The maximum absolute atomic E-state index is 5.72. The number of hydrogen-bond acceptors (Lipinski definition) is 3. The van der Waals surface area contributed by atoms with Crippen LogP contribution in [0.25, 0.3) is 0 Å². The normalized spacial score (nSPS) is 14.9. The van der Waals surface area contributed by atoms with Gasteiger partial charge in [-0.3, -0.25) is 0 Å². The van der Waals surface area contributed by atoms with Crippen LogP contribution >= 0.6 is 0 Å². The average molecular weight is 224 g/mol. The third kappa shape index (κ3) is 4.81. The van der Waals surface area contributed by atoms with Crippen LogP contribution < -0.4 is 11.1 Å². The Kier molecular flexibility index (Phi) is 6.19. The summed E-state index contributed by atoms with van der Waals surface area (Å²) in [5.41, 5.74) is 5.72. The molecule has 0 aliphatic carbocycles. The van der Waals surface area contributed by atoms with E-state index >= 15 is 0 Å². The van der Waals surface area contributed by atoms with E-state index in [1.54, 1.807) is 6.26 Å². The summed E-state index contributed by atoms with van der Waals surface area (Å²) in [6.45, 7) is 6.16. The minimum Gasteiger partial charge on any atom is -0.469 e. The van der Waals surface area contributed by atoms with Gasteiger partial charge in [0.25, 0.3) is 0 Å². The summed E-state index contributed by atoms with van der Waals surface area (Å²) in [4.78, 5) is 0. The molecule has 0 spiro atoms. The van der Waals surface area contributed by atoms with Crippen LogP contribution in [0.3, 0.4) is 0 Å². The highest BCUT2D eigenvalue weighted by atomic mass is 16.3. The van der Waals surface area contributed by atoms with Gasteiger partial charge in [0.2, 0.25) is 0 Å². The van der Waals surface area contributed by atoms with Gasteiger partial charge < -0.3 is 15.5 Å². The average Bonchev–Trinajstić information content (AvgIpc) is 2.76. The fraction of sp³-hybridized carbons (Fsp3) is 0.692. The monoisotopic (exact) mass is 224 g/mol. The minimum atomic E-state index is 0.442. The summed E-state index contributed by atoms with van der Waals surface area (Å²) in [5, 5.41) is 3.52. The number of nitrogens with one attached hydrogen (secondary N) is 1. The van der Waals surface area contributed by atoms with Crippen LogP contribution in [0.5, 0.6) is 0 Å². The molecule has 92 valence electrons. The fourth-order valence-corrected chi connectivity index (χ4v) is 1.88. The van der Waals surface area contributed by atoms with Gasteiger partial charge in [-0.25, -0.2) is 0 Å². The molecule has 1 aromatic rings. The molecule has 0 fully saturated rings. The maximum Gasteiger partial charge on any atom is 0.105 e. The molecule has 0 aliphatic rings. The van der Waals surface area contributed by atoms with E-state index in [1.165, 1.54) is 12.8 Å². The van der Waals surface area contributed by atoms with Gasteiger partial charge in [-0.05, 0) is 44.5 Å². The molecule has 0 aromatic carbocycles. The van der Waals surface area contributed by atoms with Crippen LogP contribution in [-0.2, 0) is 6.42 Å². The quantitative estimate of drug-likeness (QED) is 0.711. The first-order chi connectivity index (χ1) is 7.76. The predicted octanol–water partition coefficient (Wildman–Crippen LogP) is 2.18. The van der Waals surface area contributed by atoms with Gasteiger partial charge in [0.1, 0.15) is 5.76 Å². The zero-order valence-electron chi connectivity index (χ0n) is 10.4. The molecule has 2 atom stereocenters. The molecule has 1 aromatic heterocycles. The second-order valence-electron chi connectivity index (χ2n) is 4.48. The summed E-state index contributed by atoms with van der Waals surface area (Å²) in [6.07, 6.45) is 5.07. The van der Waals surface area contributed by atoms with Crippen LogP contribution in [0.15, 0.2) is 22.8 Å². The summed E-state index contributed by atoms with van der Waals surface area (Å²) >= 11 is 0. The molecule has 1 heterocycles. The number of rotatable bonds is 8. The highest BCUT2D eigenvalue weighted by Crippen LogP contribution is 2.06. The molecule has 0 saturated carbocycles. The fourth-order valence-electron chi connectivity index (χ4n) is 1.88. The summed E-state index contributed by atoms with van der Waals surface area (Å²) in [7, 11) is 0. The summed E-state index contributed by atoms with van der Waals surface area (Å²) in [6, 6.07) is 4.39. The van der Waals surface area contributed by atoms with Gasteiger partial charge in [-0.15, -0.1) is 0 Å². The second-order valence-corrected chi connectivity index (χ2v) is 4.48. The van der Waals surface area contributed by atoms with Crippen molar-refractivity contribution in [2.45, 2.75) is 39.2 Å². The van der Waals surface area contributed by atoms with Gasteiger partial charge in [0.15, 0.2) is 0 Å². The van der Waals surface area contributed by atoms with Gasteiger partial charge in [0.05, 0.1) is 6.26 Å². The van der Waals surface area contributed by atoms with Crippen LogP contribution in [0.2, 0.25) is 0 Å². The first-order valence-corrected chi connectivity index (χ1v) is 6.22. The highest BCUT2D eigenvalue weighted by Gasteiger charge is 2.09. The van der Waals surface area contributed by atoms with E-state index < -0.39 is 0 Å². The van der Waals surface area contributed by atoms with Crippen molar-refractivity contribution in [2.24, 2.45) is 11.7 Å². The predicted molar refractivity (Wildman–Crippen MR) is 67.3 cm³/mol. The Morgan fingerprint density at radius 1 is 1.50 bits per heavy atom. The van der Waals surface area contributed by atoms with E-state index in [-0.39, 0.29) is 0 Å². The van der Waals surface area contributed by atoms with E-state index in [2.05, 4.69) is 19.2 Å². The van der Waals surface area contributed by atoms with E-state index in [0.29, 0.717) is 12.0 Å². The number of nitrogens with two attached hydrogens (primary N) is 1. The van der Waals surface area contributed by atoms with Crippen molar-refractivity contribution in [1.29, 1.82) is 0 Å². The first kappa shape index (κ1) is 13.3.